The predicted octanol–water partition coefficient (Wildman–Crippen LogP) is 3.93. The number of hydrogen-bond donors (Lipinski definition) is 1. The van der Waals surface area contributed by atoms with Crippen LogP contribution in [-0.4, -0.2) is 51.3 Å². The van der Waals surface area contributed by atoms with E-state index >= 15 is 0 Å². The average Bonchev–Trinajstić information content (AvgIpc) is 3.07. The summed E-state index contributed by atoms with van der Waals surface area (Å²) < 4.78 is 40.0. The molecule has 0 atom stereocenters. The van der Waals surface area contributed by atoms with E-state index in [4.69, 9.17) is 9.47 Å². The van der Waals surface area contributed by atoms with Crippen molar-refractivity contribution in [3.63, 3.8) is 0 Å². The third kappa shape index (κ3) is 4.09. The van der Waals surface area contributed by atoms with Crippen LogP contribution in [0.25, 0.3) is 10.9 Å². The van der Waals surface area contributed by atoms with Crippen molar-refractivity contribution in [2.75, 3.05) is 43.6 Å². The van der Waals surface area contributed by atoms with Crippen molar-refractivity contribution in [2.24, 2.45) is 0 Å². The molecule has 1 aliphatic rings. The third-order valence-corrected chi connectivity index (χ3v) is 6.95. The van der Waals surface area contributed by atoms with E-state index in [2.05, 4.69) is 10.2 Å². The van der Waals surface area contributed by atoms with Crippen LogP contribution in [0.5, 0.6) is 5.75 Å². The van der Waals surface area contributed by atoms with Gasteiger partial charge in [0.25, 0.3) is 10.0 Å². The molecular weight excluding hydrogens is 414 g/mol. The maximum atomic E-state index is 13.9. The average molecular weight is 444 g/mol. The molecule has 8 heteroatoms. The first-order chi connectivity index (χ1) is 14.7. The topological polar surface area (TPSA) is 72.8 Å². The van der Waals surface area contributed by atoms with E-state index in [0.717, 1.165) is 11.1 Å². The number of methoxy groups -OCH3 is 1. The number of nitrogens with zero attached hydrogens (tertiary/aromatic N) is 2. The van der Waals surface area contributed by atoms with E-state index in [9.17, 15) is 8.42 Å². The van der Waals surface area contributed by atoms with Crippen molar-refractivity contribution < 1.29 is 17.9 Å². The maximum absolute atomic E-state index is 13.9. The van der Waals surface area contributed by atoms with Crippen LogP contribution in [0, 0.1) is 0 Å². The Morgan fingerprint density at radius 3 is 2.26 bits per heavy atom. The number of morpholine rings is 1. The standard InChI is InChI=1S/C23H29N3O4S/c1-23(2,3)24-22-21(25-13-15-30-16-14-25)19-7-5-6-8-20(19)26(22)31(27,28)18-11-9-17(29-4)10-12-18/h5-12,24H,13-16H2,1-4H3. The monoisotopic (exact) mass is 443 g/mol. The Labute approximate surface area is 183 Å². The van der Waals surface area contributed by atoms with Gasteiger partial charge in [-0.15, -0.1) is 0 Å². The molecule has 3 aromatic rings. The van der Waals surface area contributed by atoms with Crippen molar-refractivity contribution in [3.05, 3.63) is 48.5 Å². The molecule has 7 nitrogen and oxygen atoms in total. The van der Waals surface area contributed by atoms with Crippen molar-refractivity contribution in [1.29, 1.82) is 0 Å². The van der Waals surface area contributed by atoms with E-state index in [1.807, 2.05) is 45.0 Å². The predicted molar refractivity (Wildman–Crippen MR) is 124 cm³/mol. The molecule has 2 aromatic carbocycles. The molecule has 166 valence electrons. The van der Waals surface area contributed by atoms with Crippen LogP contribution in [-0.2, 0) is 14.8 Å². The summed E-state index contributed by atoms with van der Waals surface area (Å²) in [5.41, 5.74) is 1.19. The highest BCUT2D eigenvalue weighted by atomic mass is 32.2. The molecule has 0 aliphatic carbocycles. The van der Waals surface area contributed by atoms with Crippen LogP contribution < -0.4 is 15.0 Å². The lowest BCUT2D eigenvalue weighted by molar-refractivity contribution is 0.123. The molecule has 0 spiro atoms. The van der Waals surface area contributed by atoms with Crippen LogP contribution in [0.4, 0.5) is 11.5 Å². The Kier molecular flexibility index (Phi) is 5.61. The lowest BCUT2D eigenvalue weighted by Gasteiger charge is -2.32. The minimum Gasteiger partial charge on any atom is -0.497 e. The van der Waals surface area contributed by atoms with Gasteiger partial charge in [-0.1, -0.05) is 18.2 Å². The molecule has 1 saturated heterocycles. The Morgan fingerprint density at radius 1 is 1.00 bits per heavy atom. The molecule has 0 unspecified atom stereocenters. The molecule has 31 heavy (non-hydrogen) atoms. The fraction of sp³-hybridized carbons (Fsp3) is 0.391. The van der Waals surface area contributed by atoms with Crippen LogP contribution >= 0.6 is 0 Å². The third-order valence-electron chi connectivity index (χ3n) is 5.22. The summed E-state index contributed by atoms with van der Waals surface area (Å²) in [7, 11) is -2.31. The zero-order valence-electron chi connectivity index (χ0n) is 18.4. The number of benzene rings is 2. The van der Waals surface area contributed by atoms with Gasteiger partial charge in [-0.3, -0.25) is 0 Å². The molecule has 4 rings (SSSR count). The van der Waals surface area contributed by atoms with E-state index in [1.54, 1.807) is 31.4 Å². The molecular formula is C23H29N3O4S. The number of aromatic nitrogens is 1. The Morgan fingerprint density at radius 2 is 1.65 bits per heavy atom. The van der Waals surface area contributed by atoms with Crippen LogP contribution in [0.1, 0.15) is 20.8 Å². The molecule has 1 fully saturated rings. The van der Waals surface area contributed by atoms with Gasteiger partial charge in [-0.25, -0.2) is 12.4 Å². The normalized spacial score (nSPS) is 15.3. The van der Waals surface area contributed by atoms with E-state index in [0.29, 0.717) is 43.4 Å². The highest BCUT2D eigenvalue weighted by molar-refractivity contribution is 7.90. The first-order valence-electron chi connectivity index (χ1n) is 10.4. The number of nitrogens with one attached hydrogen (secondary N) is 1. The molecule has 1 aliphatic heterocycles. The van der Waals surface area contributed by atoms with Crippen LogP contribution in [0.2, 0.25) is 0 Å². The number of para-hydroxylation sites is 1. The Bertz CT molecular complexity index is 1170. The number of hydrogen-bond acceptors (Lipinski definition) is 6. The van der Waals surface area contributed by atoms with Crippen LogP contribution in [0.3, 0.4) is 0 Å². The van der Waals surface area contributed by atoms with Gasteiger partial charge < -0.3 is 19.7 Å². The number of fused-ring (bicyclic) bond motifs is 1. The molecule has 0 bridgehead atoms. The summed E-state index contributed by atoms with van der Waals surface area (Å²) in [6, 6.07) is 14.1. The molecule has 1 aromatic heterocycles. The van der Waals surface area contributed by atoms with Gasteiger partial charge in [0.1, 0.15) is 11.6 Å². The van der Waals surface area contributed by atoms with Gasteiger partial charge in [-0.2, -0.15) is 0 Å². The fourth-order valence-corrected chi connectivity index (χ4v) is 5.35. The van der Waals surface area contributed by atoms with E-state index < -0.39 is 10.0 Å². The summed E-state index contributed by atoms with van der Waals surface area (Å²) in [5.74, 6) is 1.18. The van der Waals surface area contributed by atoms with E-state index in [1.165, 1.54) is 3.97 Å². The Hall–Kier alpha value is -2.71. The van der Waals surface area contributed by atoms with Gasteiger partial charge in [0, 0.05) is 24.0 Å². The summed E-state index contributed by atoms with van der Waals surface area (Å²) in [5, 5.41) is 4.38. The minimum atomic E-state index is -3.87. The van der Waals surface area contributed by atoms with Crippen molar-refractivity contribution in [3.8, 4) is 5.75 Å². The highest BCUT2D eigenvalue weighted by Gasteiger charge is 2.31. The maximum Gasteiger partial charge on any atom is 0.269 e. The first kappa shape index (κ1) is 21.5. The van der Waals surface area contributed by atoms with Crippen LogP contribution in [0.15, 0.2) is 53.4 Å². The lowest BCUT2D eigenvalue weighted by Crippen LogP contribution is -2.37. The van der Waals surface area contributed by atoms with Gasteiger partial charge in [-0.05, 0) is 51.1 Å². The fourth-order valence-electron chi connectivity index (χ4n) is 3.87. The first-order valence-corrected chi connectivity index (χ1v) is 11.8. The zero-order chi connectivity index (χ0) is 22.2. The zero-order valence-corrected chi connectivity index (χ0v) is 19.2. The number of anilines is 2. The molecule has 0 radical (unpaired) electrons. The SMILES string of the molecule is COc1ccc(S(=O)(=O)n2c(NC(C)(C)C)c(N3CCOCC3)c3ccccc32)cc1. The van der Waals surface area contributed by atoms with Gasteiger partial charge in [0.05, 0.1) is 36.4 Å². The number of ether oxygens (including phenoxy) is 2. The largest absolute Gasteiger partial charge is 0.497 e. The summed E-state index contributed by atoms with van der Waals surface area (Å²) >= 11 is 0. The quantitative estimate of drug-likeness (QED) is 0.644. The summed E-state index contributed by atoms with van der Waals surface area (Å²) in [6.07, 6.45) is 0. The second-order valence-corrected chi connectivity index (χ2v) is 10.4. The minimum absolute atomic E-state index is 0.208. The summed E-state index contributed by atoms with van der Waals surface area (Å²) in [4.78, 5) is 2.42. The van der Waals surface area contributed by atoms with Gasteiger partial charge in [0.2, 0.25) is 0 Å². The molecule has 1 N–H and O–H groups in total. The van der Waals surface area contributed by atoms with Crippen molar-refractivity contribution in [2.45, 2.75) is 31.2 Å². The second-order valence-electron chi connectivity index (χ2n) is 8.63. The molecule has 0 saturated carbocycles. The molecule has 2 heterocycles. The highest BCUT2D eigenvalue weighted by Crippen LogP contribution is 2.42. The molecule has 0 amide bonds. The summed E-state index contributed by atoms with van der Waals surface area (Å²) in [6.45, 7) is 8.71. The lowest BCUT2D eigenvalue weighted by atomic mass is 10.1. The Balaban J connectivity index is 2.00. The smallest absolute Gasteiger partial charge is 0.269 e. The van der Waals surface area contributed by atoms with Crippen molar-refractivity contribution >= 4 is 32.4 Å². The second kappa shape index (κ2) is 8.09. The number of rotatable bonds is 5. The van der Waals surface area contributed by atoms with Crippen molar-refractivity contribution in [1.82, 2.24) is 3.97 Å². The van der Waals surface area contributed by atoms with E-state index in [-0.39, 0.29) is 10.4 Å². The van der Waals surface area contributed by atoms with Gasteiger partial charge >= 0.3 is 0 Å². The van der Waals surface area contributed by atoms with Gasteiger partial charge in [0.15, 0.2) is 0 Å².